The van der Waals surface area contributed by atoms with E-state index >= 15 is 0 Å². The van der Waals surface area contributed by atoms with Crippen LogP contribution < -0.4 is 10.1 Å². The number of nitro groups is 1. The summed E-state index contributed by atoms with van der Waals surface area (Å²) < 4.78 is 5.59. The number of fused-ring (bicyclic) bond motifs is 1. The van der Waals surface area contributed by atoms with Crippen LogP contribution in [0.3, 0.4) is 0 Å². The lowest BCUT2D eigenvalue weighted by Gasteiger charge is -2.21. The van der Waals surface area contributed by atoms with Gasteiger partial charge in [-0.05, 0) is 31.5 Å². The molecule has 0 radical (unpaired) electrons. The molecule has 0 aliphatic carbocycles. The van der Waals surface area contributed by atoms with Crippen molar-refractivity contribution in [3.8, 4) is 5.75 Å². The number of aryl methyl sites for hydroxylation is 1. The minimum Gasteiger partial charge on any atom is -0.491 e. The first kappa shape index (κ1) is 20.0. The lowest BCUT2D eigenvalue weighted by Crippen LogP contribution is -2.48. The second kappa shape index (κ2) is 8.09. The number of imide groups is 1. The van der Waals surface area contributed by atoms with Crippen LogP contribution in [-0.2, 0) is 4.79 Å². The number of nitrogens with one attached hydrogen (secondary N) is 1. The quantitative estimate of drug-likeness (QED) is 0.331. The van der Waals surface area contributed by atoms with Crippen molar-refractivity contribution in [1.82, 2.24) is 10.2 Å². The Balaban J connectivity index is 1.63. The van der Waals surface area contributed by atoms with Gasteiger partial charge in [0.05, 0.1) is 17.0 Å². The topological polar surface area (TPSA) is 119 Å². The maximum Gasteiger partial charge on any atom is 0.282 e. The number of rotatable bonds is 7. The van der Waals surface area contributed by atoms with Crippen molar-refractivity contribution in [1.29, 1.82) is 0 Å². The predicted octanol–water partition coefficient (Wildman–Crippen LogP) is 2.08. The largest absolute Gasteiger partial charge is 0.491 e. The highest BCUT2D eigenvalue weighted by atomic mass is 16.6. The highest BCUT2D eigenvalue weighted by molar-refractivity contribution is 6.24. The first-order chi connectivity index (χ1) is 13.8. The summed E-state index contributed by atoms with van der Waals surface area (Å²) in [6.07, 6.45) is 0. The van der Waals surface area contributed by atoms with Gasteiger partial charge in [-0.25, -0.2) is 0 Å². The van der Waals surface area contributed by atoms with Crippen LogP contribution in [0.15, 0.2) is 42.5 Å². The van der Waals surface area contributed by atoms with Crippen LogP contribution in [0.5, 0.6) is 5.75 Å². The predicted molar refractivity (Wildman–Crippen MR) is 103 cm³/mol. The Labute approximate surface area is 166 Å². The molecule has 1 N–H and O–H groups in total. The molecule has 1 heterocycles. The minimum atomic E-state index is -1.12. The Kier molecular flexibility index (Phi) is 5.58. The van der Waals surface area contributed by atoms with Gasteiger partial charge < -0.3 is 10.1 Å². The smallest absolute Gasteiger partial charge is 0.282 e. The number of nitrogens with zero attached hydrogens (tertiary/aromatic N) is 2. The van der Waals surface area contributed by atoms with E-state index in [2.05, 4.69) is 5.32 Å². The minimum absolute atomic E-state index is 0.0771. The van der Waals surface area contributed by atoms with Crippen molar-refractivity contribution in [2.45, 2.75) is 19.9 Å². The second-order valence-electron chi connectivity index (χ2n) is 6.52. The molecule has 150 valence electrons. The van der Waals surface area contributed by atoms with E-state index in [-0.39, 0.29) is 24.3 Å². The lowest BCUT2D eigenvalue weighted by molar-refractivity contribution is -0.385. The number of ether oxygens (including phenoxy) is 1. The van der Waals surface area contributed by atoms with Gasteiger partial charge in [-0.2, -0.15) is 0 Å². The monoisotopic (exact) mass is 397 g/mol. The van der Waals surface area contributed by atoms with Gasteiger partial charge in [-0.3, -0.25) is 29.4 Å². The van der Waals surface area contributed by atoms with E-state index < -0.39 is 34.4 Å². The van der Waals surface area contributed by atoms with Gasteiger partial charge >= 0.3 is 0 Å². The zero-order chi connectivity index (χ0) is 21.1. The van der Waals surface area contributed by atoms with Gasteiger partial charge in [0.2, 0.25) is 5.91 Å². The van der Waals surface area contributed by atoms with Crippen LogP contribution in [0, 0.1) is 17.0 Å². The van der Waals surface area contributed by atoms with Crippen LogP contribution in [0.4, 0.5) is 5.69 Å². The third-order valence-electron chi connectivity index (χ3n) is 4.64. The second-order valence-corrected chi connectivity index (χ2v) is 6.52. The summed E-state index contributed by atoms with van der Waals surface area (Å²) >= 11 is 0. The molecule has 2 aromatic rings. The molecule has 2 aromatic carbocycles. The first-order valence-corrected chi connectivity index (χ1v) is 8.94. The maximum atomic E-state index is 12.6. The average molecular weight is 397 g/mol. The standard InChI is InChI=1S/C20H19N3O6/c1-12-6-3-4-9-16(12)29-11-10-21-18(24)13(2)22-19(25)14-7-5-8-15(23(27)28)17(14)20(22)26/h3-9,13H,10-11H2,1-2H3,(H,21,24)/t13-/m0/s1. The van der Waals surface area contributed by atoms with Crippen molar-refractivity contribution in [3.63, 3.8) is 0 Å². The molecule has 0 aromatic heterocycles. The van der Waals surface area contributed by atoms with Crippen molar-refractivity contribution in [2.75, 3.05) is 13.2 Å². The van der Waals surface area contributed by atoms with Crippen molar-refractivity contribution in [2.24, 2.45) is 0 Å². The summed E-state index contributed by atoms with van der Waals surface area (Å²) in [4.78, 5) is 48.8. The van der Waals surface area contributed by atoms with Gasteiger partial charge in [0.1, 0.15) is 24.0 Å². The first-order valence-electron chi connectivity index (χ1n) is 8.94. The van der Waals surface area contributed by atoms with E-state index in [1.165, 1.54) is 19.1 Å². The molecular formula is C20H19N3O6. The summed E-state index contributed by atoms with van der Waals surface area (Å²) in [6, 6.07) is 10.1. The molecule has 9 heteroatoms. The van der Waals surface area contributed by atoms with Crippen LogP contribution >= 0.6 is 0 Å². The molecule has 29 heavy (non-hydrogen) atoms. The summed E-state index contributed by atoms with van der Waals surface area (Å²) in [5.74, 6) is -1.44. The van der Waals surface area contributed by atoms with E-state index in [4.69, 9.17) is 4.74 Å². The van der Waals surface area contributed by atoms with Crippen molar-refractivity contribution in [3.05, 3.63) is 69.3 Å². The summed E-state index contributed by atoms with van der Waals surface area (Å²) in [7, 11) is 0. The van der Waals surface area contributed by atoms with E-state index in [9.17, 15) is 24.5 Å². The Morgan fingerprint density at radius 1 is 1.17 bits per heavy atom. The third kappa shape index (κ3) is 3.79. The molecule has 0 saturated carbocycles. The number of hydrogen-bond donors (Lipinski definition) is 1. The number of benzene rings is 2. The van der Waals surface area contributed by atoms with E-state index in [0.29, 0.717) is 5.75 Å². The van der Waals surface area contributed by atoms with Crippen molar-refractivity contribution < 1.29 is 24.0 Å². The molecule has 1 atom stereocenters. The zero-order valence-corrected chi connectivity index (χ0v) is 15.9. The molecule has 0 saturated heterocycles. The molecule has 3 amide bonds. The van der Waals surface area contributed by atoms with Crippen molar-refractivity contribution >= 4 is 23.4 Å². The average Bonchev–Trinajstić information content (AvgIpc) is 2.96. The van der Waals surface area contributed by atoms with E-state index in [0.717, 1.165) is 16.5 Å². The van der Waals surface area contributed by atoms with E-state index in [1.807, 2.05) is 31.2 Å². The van der Waals surface area contributed by atoms with Crippen LogP contribution in [0.1, 0.15) is 33.2 Å². The van der Waals surface area contributed by atoms with Crippen LogP contribution in [0.2, 0.25) is 0 Å². The fourth-order valence-corrected chi connectivity index (χ4v) is 3.11. The highest BCUT2D eigenvalue weighted by Gasteiger charge is 2.44. The number of para-hydroxylation sites is 1. The molecule has 0 fully saturated rings. The number of carbonyl (C=O) groups is 3. The molecule has 3 rings (SSSR count). The molecule has 0 bridgehead atoms. The highest BCUT2D eigenvalue weighted by Crippen LogP contribution is 2.31. The Bertz CT molecular complexity index is 1000. The Morgan fingerprint density at radius 2 is 1.90 bits per heavy atom. The third-order valence-corrected chi connectivity index (χ3v) is 4.64. The summed E-state index contributed by atoms with van der Waals surface area (Å²) in [6.45, 7) is 3.67. The Hall–Kier alpha value is -3.75. The van der Waals surface area contributed by atoms with Gasteiger partial charge in [0.15, 0.2) is 0 Å². The molecular weight excluding hydrogens is 378 g/mol. The van der Waals surface area contributed by atoms with E-state index in [1.54, 1.807) is 0 Å². The van der Waals surface area contributed by atoms with Gasteiger partial charge in [-0.1, -0.05) is 24.3 Å². The fraction of sp³-hybridized carbons (Fsp3) is 0.250. The molecule has 1 aliphatic rings. The molecule has 1 aliphatic heterocycles. The summed E-state index contributed by atoms with van der Waals surface area (Å²) in [5.41, 5.74) is 0.138. The number of carbonyl (C=O) groups excluding carboxylic acids is 3. The molecule has 0 unspecified atom stereocenters. The van der Waals surface area contributed by atoms with Crippen LogP contribution in [-0.4, -0.2) is 46.7 Å². The maximum absolute atomic E-state index is 12.6. The number of nitro benzene ring substituents is 1. The lowest BCUT2D eigenvalue weighted by atomic mass is 10.1. The SMILES string of the molecule is Cc1ccccc1OCCNC(=O)[C@H](C)N1C(=O)c2cccc([N+](=O)[O-])c2C1=O. The van der Waals surface area contributed by atoms with Crippen LogP contribution in [0.25, 0.3) is 0 Å². The van der Waals surface area contributed by atoms with Gasteiger partial charge in [0, 0.05) is 6.07 Å². The number of amides is 3. The number of hydrogen-bond acceptors (Lipinski definition) is 6. The fourth-order valence-electron chi connectivity index (χ4n) is 3.11. The normalized spacial score (nSPS) is 13.8. The molecule has 9 nitrogen and oxygen atoms in total. The molecule has 0 spiro atoms. The van der Waals surface area contributed by atoms with Gasteiger partial charge in [0.25, 0.3) is 17.5 Å². The Morgan fingerprint density at radius 3 is 2.59 bits per heavy atom. The van der Waals surface area contributed by atoms with Gasteiger partial charge in [-0.15, -0.1) is 0 Å². The zero-order valence-electron chi connectivity index (χ0n) is 15.9. The summed E-state index contributed by atoms with van der Waals surface area (Å²) in [5, 5.41) is 13.8.